The molecule has 5 heteroatoms. The molecule has 0 aromatic rings. The first-order chi connectivity index (χ1) is 12.7. The highest BCUT2D eigenvalue weighted by atomic mass is 16.7. The number of hydrogen-bond acceptors (Lipinski definition) is 5. The maximum atomic E-state index is 12.6. The Balaban J connectivity index is 2.04. The predicted molar refractivity (Wildman–Crippen MR) is 112 cm³/mol. The van der Waals surface area contributed by atoms with Crippen LogP contribution in [-0.4, -0.2) is 45.0 Å². The maximum absolute atomic E-state index is 12.6. The van der Waals surface area contributed by atoms with Crippen LogP contribution in [-0.2, 0) is 14.4 Å². The molecule has 0 amide bonds. The van der Waals surface area contributed by atoms with E-state index in [1.807, 2.05) is 39.8 Å². The number of carbonyl (C=O) groups excluding carboxylic acids is 1. The average Bonchev–Trinajstić information content (AvgIpc) is 2.88. The fourth-order valence-corrected chi connectivity index (χ4v) is 4.69. The molecular formula is C23H41NO4. The number of hydrogen-bond donors (Lipinski definition) is 1. The number of carbonyl (C=O) groups is 1. The van der Waals surface area contributed by atoms with Crippen LogP contribution in [0, 0.1) is 11.8 Å². The van der Waals surface area contributed by atoms with Crippen molar-refractivity contribution < 1.29 is 19.5 Å². The summed E-state index contributed by atoms with van der Waals surface area (Å²) in [6.07, 6.45) is 8.18. The quantitative estimate of drug-likeness (QED) is 0.543. The van der Waals surface area contributed by atoms with Crippen molar-refractivity contribution >= 4 is 5.97 Å². The third kappa shape index (κ3) is 5.80. The van der Waals surface area contributed by atoms with E-state index in [2.05, 4.69) is 32.8 Å². The highest BCUT2D eigenvalue weighted by Crippen LogP contribution is 2.39. The van der Waals surface area contributed by atoms with Crippen LogP contribution in [0.1, 0.15) is 87.5 Å². The second kappa shape index (κ2) is 8.45. The Bertz CT molecular complexity index is 560. The van der Waals surface area contributed by atoms with Gasteiger partial charge < -0.3 is 9.84 Å². The van der Waals surface area contributed by atoms with Crippen molar-refractivity contribution in [2.45, 2.75) is 116 Å². The fourth-order valence-electron chi connectivity index (χ4n) is 4.69. The van der Waals surface area contributed by atoms with Crippen molar-refractivity contribution in [3.8, 4) is 0 Å². The topological polar surface area (TPSA) is 59.0 Å². The van der Waals surface area contributed by atoms with Gasteiger partial charge in [-0.1, -0.05) is 12.2 Å². The van der Waals surface area contributed by atoms with Crippen LogP contribution < -0.4 is 0 Å². The molecule has 1 aliphatic heterocycles. The molecule has 0 radical (unpaired) electrons. The summed E-state index contributed by atoms with van der Waals surface area (Å²) in [5.41, 5.74) is -0.561. The largest absolute Gasteiger partial charge is 0.460 e. The van der Waals surface area contributed by atoms with Gasteiger partial charge in [-0.2, -0.15) is 5.06 Å². The summed E-state index contributed by atoms with van der Waals surface area (Å²) < 4.78 is 5.53. The standard InChI is InChI=1S/C23H41NO4/c1-16(28-24-22(5,6)14-9-15-23(24,7)8)10-11-17-12-13-18(25)19(17)20(26)27-21(2,3)4/h10-11,16-19,25H,9,12-15H2,1-8H3/t16-,17-,18-,19-/m0/s1. The van der Waals surface area contributed by atoms with Gasteiger partial charge in [-0.15, -0.1) is 0 Å². The summed E-state index contributed by atoms with van der Waals surface area (Å²) in [6.45, 7) is 16.5. The van der Waals surface area contributed by atoms with E-state index >= 15 is 0 Å². The second-order valence-corrected chi connectivity index (χ2v) is 10.8. The zero-order chi connectivity index (χ0) is 21.3. The predicted octanol–water partition coefficient (Wildman–Crippen LogP) is 4.63. The zero-order valence-corrected chi connectivity index (χ0v) is 19.1. The van der Waals surface area contributed by atoms with Gasteiger partial charge >= 0.3 is 5.97 Å². The first kappa shape index (κ1) is 23.4. The Hall–Kier alpha value is -0.910. The molecule has 1 saturated heterocycles. The third-order valence-corrected chi connectivity index (χ3v) is 5.93. The van der Waals surface area contributed by atoms with Gasteiger partial charge in [0.1, 0.15) is 5.60 Å². The van der Waals surface area contributed by atoms with Gasteiger partial charge in [0.25, 0.3) is 0 Å². The molecule has 162 valence electrons. The molecule has 0 bridgehead atoms. The summed E-state index contributed by atoms with van der Waals surface area (Å²) in [7, 11) is 0. The minimum Gasteiger partial charge on any atom is -0.460 e. The molecule has 28 heavy (non-hydrogen) atoms. The SMILES string of the molecule is C[C@@H](C=C[C@H]1CC[C@H](O)[C@H]1C(=O)OC(C)(C)C)ON1C(C)(C)CCCC1(C)C. The van der Waals surface area contributed by atoms with Gasteiger partial charge in [0, 0.05) is 11.1 Å². The molecule has 1 heterocycles. The van der Waals surface area contributed by atoms with Crippen molar-refractivity contribution in [3.63, 3.8) is 0 Å². The number of hydroxylamine groups is 2. The van der Waals surface area contributed by atoms with Crippen LogP contribution >= 0.6 is 0 Å². The molecule has 0 aromatic carbocycles. The highest BCUT2D eigenvalue weighted by molar-refractivity contribution is 5.74. The third-order valence-electron chi connectivity index (χ3n) is 5.93. The summed E-state index contributed by atoms with van der Waals surface area (Å²) >= 11 is 0. The van der Waals surface area contributed by atoms with E-state index in [4.69, 9.17) is 9.57 Å². The average molecular weight is 396 g/mol. The van der Waals surface area contributed by atoms with E-state index in [9.17, 15) is 9.90 Å². The minimum absolute atomic E-state index is 0.00749. The summed E-state index contributed by atoms with van der Waals surface area (Å²) in [5.74, 6) is -0.817. The van der Waals surface area contributed by atoms with Crippen molar-refractivity contribution in [2.75, 3.05) is 0 Å². The zero-order valence-electron chi connectivity index (χ0n) is 19.1. The number of esters is 1. The normalized spacial score (nSPS) is 31.8. The van der Waals surface area contributed by atoms with E-state index in [-0.39, 0.29) is 29.1 Å². The lowest BCUT2D eigenvalue weighted by molar-refractivity contribution is -0.293. The first-order valence-electron chi connectivity index (χ1n) is 10.8. The number of aliphatic hydroxyl groups excluding tert-OH is 1. The Morgan fingerprint density at radius 1 is 1.14 bits per heavy atom. The Morgan fingerprint density at radius 3 is 2.25 bits per heavy atom. The Labute approximate surface area is 171 Å². The minimum atomic E-state index is -0.638. The summed E-state index contributed by atoms with van der Waals surface area (Å²) in [4.78, 5) is 18.9. The maximum Gasteiger partial charge on any atom is 0.312 e. The van der Waals surface area contributed by atoms with Gasteiger partial charge in [-0.25, -0.2) is 0 Å². The molecule has 1 aliphatic carbocycles. The van der Waals surface area contributed by atoms with Gasteiger partial charge in [0.05, 0.1) is 18.1 Å². The molecule has 1 N–H and O–H groups in total. The van der Waals surface area contributed by atoms with Gasteiger partial charge in [0.2, 0.25) is 0 Å². The van der Waals surface area contributed by atoms with E-state index in [0.717, 1.165) is 19.3 Å². The number of piperidine rings is 1. The molecule has 0 aromatic heterocycles. The van der Waals surface area contributed by atoms with Crippen LogP contribution in [0.5, 0.6) is 0 Å². The first-order valence-corrected chi connectivity index (χ1v) is 10.8. The van der Waals surface area contributed by atoms with Crippen LogP contribution in [0.25, 0.3) is 0 Å². The summed E-state index contributed by atoms with van der Waals surface area (Å²) in [6, 6.07) is 0. The van der Waals surface area contributed by atoms with Crippen LogP contribution in [0.4, 0.5) is 0 Å². The van der Waals surface area contributed by atoms with Crippen molar-refractivity contribution in [3.05, 3.63) is 12.2 Å². The number of nitrogens with zero attached hydrogens (tertiary/aromatic N) is 1. The molecule has 2 aliphatic rings. The van der Waals surface area contributed by atoms with Gasteiger partial charge in [-0.3, -0.25) is 9.63 Å². The lowest BCUT2D eigenvalue weighted by Crippen LogP contribution is -2.58. The number of ether oxygens (including phenoxy) is 1. The molecule has 2 rings (SSSR count). The molecule has 4 atom stereocenters. The van der Waals surface area contributed by atoms with Crippen molar-refractivity contribution in [2.24, 2.45) is 11.8 Å². The molecule has 0 unspecified atom stereocenters. The van der Waals surface area contributed by atoms with Crippen LogP contribution in [0.3, 0.4) is 0 Å². The summed E-state index contributed by atoms with van der Waals surface area (Å²) in [5, 5.41) is 12.5. The number of aliphatic hydroxyl groups is 1. The van der Waals surface area contributed by atoms with E-state index in [1.54, 1.807) is 0 Å². The highest BCUT2D eigenvalue weighted by Gasteiger charge is 2.44. The molecule has 2 fully saturated rings. The van der Waals surface area contributed by atoms with Gasteiger partial charge in [0.15, 0.2) is 0 Å². The molecular weight excluding hydrogens is 354 g/mol. The number of rotatable bonds is 5. The Kier molecular flexibility index (Phi) is 7.05. The molecule has 1 saturated carbocycles. The van der Waals surface area contributed by atoms with E-state index in [0.29, 0.717) is 6.42 Å². The number of allylic oxidation sites excluding steroid dienone is 1. The molecule has 0 spiro atoms. The Morgan fingerprint density at radius 2 is 1.71 bits per heavy atom. The molecule has 5 nitrogen and oxygen atoms in total. The second-order valence-electron chi connectivity index (χ2n) is 10.8. The lowest BCUT2D eigenvalue weighted by Gasteiger charge is -2.52. The van der Waals surface area contributed by atoms with Crippen molar-refractivity contribution in [1.29, 1.82) is 0 Å². The van der Waals surface area contributed by atoms with Crippen molar-refractivity contribution in [1.82, 2.24) is 5.06 Å². The van der Waals surface area contributed by atoms with Crippen LogP contribution in [0.15, 0.2) is 12.2 Å². The van der Waals surface area contributed by atoms with Gasteiger partial charge in [-0.05, 0) is 93.4 Å². The van der Waals surface area contributed by atoms with E-state index in [1.165, 1.54) is 6.42 Å². The smallest absolute Gasteiger partial charge is 0.312 e. The monoisotopic (exact) mass is 395 g/mol. The fraction of sp³-hybridized carbons (Fsp3) is 0.870. The van der Waals surface area contributed by atoms with Crippen LogP contribution in [0.2, 0.25) is 0 Å². The van der Waals surface area contributed by atoms with E-state index < -0.39 is 17.6 Å². The lowest BCUT2D eigenvalue weighted by atomic mass is 9.82.